The highest BCUT2D eigenvalue weighted by Crippen LogP contribution is 2.30. The Bertz CT molecular complexity index is 1180. The molecule has 2 rings (SSSR count). The van der Waals surface area contributed by atoms with Gasteiger partial charge in [0.05, 0.1) is 18.6 Å². The quantitative estimate of drug-likeness (QED) is 0.326. The van der Waals surface area contributed by atoms with Gasteiger partial charge in [-0.2, -0.15) is 0 Å². The lowest BCUT2D eigenvalue weighted by Gasteiger charge is -2.33. The van der Waals surface area contributed by atoms with E-state index in [-0.39, 0.29) is 18.1 Å². The zero-order valence-electron chi connectivity index (χ0n) is 21.7. The Balaban J connectivity index is 2.48. The van der Waals surface area contributed by atoms with E-state index in [9.17, 15) is 18.0 Å². The summed E-state index contributed by atoms with van der Waals surface area (Å²) < 4.78 is 32.3. The SMILES string of the molecule is CCCCNC(=O)[C@H](CC)N(Cc1ccc(Cl)cc1Cl)C(=O)CN(c1ccccc1OCC)S(C)(=O)=O. The molecular weight excluding hydrogens is 537 g/mol. The normalized spacial score (nSPS) is 12.1. The van der Waals surface area contributed by atoms with Gasteiger partial charge < -0.3 is 15.0 Å². The number of amides is 2. The van der Waals surface area contributed by atoms with Crippen LogP contribution in [0.4, 0.5) is 5.69 Å². The summed E-state index contributed by atoms with van der Waals surface area (Å²) in [6.45, 7) is 5.88. The first kappa shape index (κ1) is 30.7. The van der Waals surface area contributed by atoms with Crippen LogP contribution >= 0.6 is 23.2 Å². The predicted molar refractivity (Wildman–Crippen MR) is 149 cm³/mol. The monoisotopic (exact) mass is 571 g/mol. The number of ether oxygens (including phenoxy) is 1. The van der Waals surface area contributed by atoms with E-state index >= 15 is 0 Å². The van der Waals surface area contributed by atoms with E-state index in [1.54, 1.807) is 56.3 Å². The van der Waals surface area contributed by atoms with Crippen molar-refractivity contribution in [2.24, 2.45) is 0 Å². The van der Waals surface area contributed by atoms with E-state index in [0.29, 0.717) is 40.9 Å². The lowest BCUT2D eigenvalue weighted by atomic mass is 10.1. The zero-order chi connectivity index (χ0) is 27.6. The van der Waals surface area contributed by atoms with E-state index in [1.165, 1.54) is 4.90 Å². The number of benzene rings is 2. The van der Waals surface area contributed by atoms with Crippen LogP contribution in [0.15, 0.2) is 42.5 Å². The summed E-state index contributed by atoms with van der Waals surface area (Å²) in [5, 5.41) is 3.66. The molecule has 0 aromatic heterocycles. The molecule has 2 aromatic carbocycles. The molecule has 0 aliphatic rings. The van der Waals surface area contributed by atoms with Crippen molar-refractivity contribution >= 4 is 50.7 Å². The average Bonchev–Trinajstić information content (AvgIpc) is 2.84. The Morgan fingerprint density at radius 2 is 1.78 bits per heavy atom. The number of hydrogen-bond acceptors (Lipinski definition) is 5. The van der Waals surface area contributed by atoms with Crippen molar-refractivity contribution in [3.63, 3.8) is 0 Å². The van der Waals surface area contributed by atoms with Crippen LogP contribution in [-0.4, -0.2) is 57.1 Å². The fourth-order valence-corrected chi connectivity index (χ4v) is 5.12. The Labute approximate surface area is 229 Å². The van der Waals surface area contributed by atoms with Crippen LogP contribution in [0.3, 0.4) is 0 Å². The molecule has 11 heteroatoms. The summed E-state index contributed by atoms with van der Waals surface area (Å²) >= 11 is 12.4. The number of halogens is 2. The Hall–Kier alpha value is -2.49. The summed E-state index contributed by atoms with van der Waals surface area (Å²) in [5.74, 6) is -0.532. The summed E-state index contributed by atoms with van der Waals surface area (Å²) in [7, 11) is -3.88. The molecule has 2 aromatic rings. The van der Waals surface area contributed by atoms with Gasteiger partial charge in [-0.15, -0.1) is 0 Å². The van der Waals surface area contributed by atoms with Gasteiger partial charge >= 0.3 is 0 Å². The Morgan fingerprint density at radius 1 is 1.08 bits per heavy atom. The van der Waals surface area contributed by atoms with Crippen LogP contribution < -0.4 is 14.4 Å². The maximum absolute atomic E-state index is 13.8. The van der Waals surface area contributed by atoms with Crippen LogP contribution in [0, 0.1) is 0 Å². The minimum Gasteiger partial charge on any atom is -0.492 e. The van der Waals surface area contributed by atoms with Gasteiger partial charge in [0.25, 0.3) is 0 Å². The van der Waals surface area contributed by atoms with Gasteiger partial charge in [-0.1, -0.05) is 61.7 Å². The molecule has 0 unspecified atom stereocenters. The van der Waals surface area contributed by atoms with Crippen molar-refractivity contribution in [1.82, 2.24) is 10.2 Å². The van der Waals surface area contributed by atoms with Gasteiger partial charge in [-0.25, -0.2) is 8.42 Å². The number of nitrogens with zero attached hydrogens (tertiary/aromatic N) is 2. The highest BCUT2D eigenvalue weighted by Gasteiger charge is 2.32. The molecule has 0 aliphatic heterocycles. The largest absolute Gasteiger partial charge is 0.492 e. The molecule has 0 radical (unpaired) electrons. The number of carbonyl (C=O) groups is 2. The maximum atomic E-state index is 13.8. The number of anilines is 1. The summed E-state index contributed by atoms with van der Waals surface area (Å²) in [6, 6.07) is 10.7. The first-order chi connectivity index (χ1) is 17.5. The van der Waals surface area contributed by atoms with Crippen molar-refractivity contribution in [2.45, 2.75) is 52.6 Å². The second kappa shape index (κ2) is 14.4. The molecule has 1 atom stereocenters. The molecule has 0 heterocycles. The molecule has 0 saturated heterocycles. The fraction of sp³-hybridized carbons (Fsp3) is 0.462. The molecule has 0 saturated carbocycles. The van der Waals surface area contributed by atoms with Crippen LogP contribution in [-0.2, 0) is 26.2 Å². The van der Waals surface area contributed by atoms with Crippen molar-refractivity contribution in [1.29, 1.82) is 0 Å². The zero-order valence-corrected chi connectivity index (χ0v) is 24.0. The van der Waals surface area contributed by atoms with Crippen LogP contribution in [0.2, 0.25) is 10.0 Å². The van der Waals surface area contributed by atoms with Crippen LogP contribution in [0.1, 0.15) is 45.6 Å². The number of hydrogen-bond donors (Lipinski definition) is 1. The Morgan fingerprint density at radius 3 is 2.38 bits per heavy atom. The lowest BCUT2D eigenvalue weighted by Crippen LogP contribution is -2.52. The molecule has 8 nitrogen and oxygen atoms in total. The molecule has 204 valence electrons. The number of sulfonamides is 1. The predicted octanol–water partition coefficient (Wildman–Crippen LogP) is 4.88. The van der Waals surface area contributed by atoms with Gasteiger partial charge in [0.2, 0.25) is 21.8 Å². The number of nitrogens with one attached hydrogen (secondary N) is 1. The van der Waals surface area contributed by atoms with E-state index in [4.69, 9.17) is 27.9 Å². The van der Waals surface area contributed by atoms with Gasteiger partial charge in [-0.05, 0) is 49.6 Å². The second-order valence-electron chi connectivity index (χ2n) is 8.50. The second-order valence-corrected chi connectivity index (χ2v) is 11.2. The summed E-state index contributed by atoms with van der Waals surface area (Å²) in [6.07, 6.45) is 3.05. The Kier molecular flexibility index (Phi) is 12.0. The number of carbonyl (C=O) groups excluding carboxylic acids is 2. The van der Waals surface area contributed by atoms with Crippen LogP contribution in [0.5, 0.6) is 5.75 Å². The highest BCUT2D eigenvalue weighted by atomic mass is 35.5. The standard InChI is InChI=1S/C26H35Cl2N3O5S/c1-5-8-15-29-26(33)22(6-2)30(17-19-13-14-20(27)16-21(19)28)25(32)18-31(37(4,34)35)23-11-9-10-12-24(23)36-7-3/h9-14,16,22H,5-8,15,17-18H2,1-4H3,(H,29,33)/t22-/m0/s1. The minimum absolute atomic E-state index is 0.000745. The van der Waals surface area contributed by atoms with E-state index in [0.717, 1.165) is 23.4 Å². The molecule has 0 bridgehead atoms. The van der Waals surface area contributed by atoms with Crippen LogP contribution in [0.25, 0.3) is 0 Å². The smallest absolute Gasteiger partial charge is 0.244 e. The van der Waals surface area contributed by atoms with E-state index in [1.807, 2.05) is 6.92 Å². The molecule has 0 aliphatic carbocycles. The van der Waals surface area contributed by atoms with Crippen molar-refractivity contribution in [2.75, 3.05) is 30.3 Å². The summed E-state index contributed by atoms with van der Waals surface area (Å²) in [4.78, 5) is 28.3. The first-order valence-corrected chi connectivity index (χ1v) is 14.8. The van der Waals surface area contributed by atoms with Gasteiger partial charge in [0.1, 0.15) is 18.3 Å². The maximum Gasteiger partial charge on any atom is 0.244 e. The van der Waals surface area contributed by atoms with Gasteiger partial charge in [-0.3, -0.25) is 13.9 Å². The lowest BCUT2D eigenvalue weighted by molar-refractivity contribution is -0.140. The van der Waals surface area contributed by atoms with Crippen molar-refractivity contribution in [3.05, 3.63) is 58.1 Å². The highest BCUT2D eigenvalue weighted by molar-refractivity contribution is 7.92. The third-order valence-corrected chi connectivity index (χ3v) is 7.40. The van der Waals surface area contributed by atoms with Crippen molar-refractivity contribution < 1.29 is 22.7 Å². The average molecular weight is 573 g/mol. The van der Waals surface area contributed by atoms with Crippen molar-refractivity contribution in [3.8, 4) is 5.75 Å². The van der Waals surface area contributed by atoms with E-state index in [2.05, 4.69) is 5.32 Å². The topological polar surface area (TPSA) is 96.0 Å². The van der Waals surface area contributed by atoms with Gasteiger partial charge in [0, 0.05) is 23.1 Å². The molecule has 37 heavy (non-hydrogen) atoms. The molecule has 2 amide bonds. The minimum atomic E-state index is -3.88. The third-order valence-electron chi connectivity index (χ3n) is 5.68. The number of para-hydroxylation sites is 2. The molecule has 0 spiro atoms. The van der Waals surface area contributed by atoms with E-state index < -0.39 is 28.5 Å². The van der Waals surface area contributed by atoms with Gasteiger partial charge in [0.15, 0.2) is 0 Å². The first-order valence-electron chi connectivity index (χ1n) is 12.2. The third kappa shape index (κ3) is 8.79. The molecular formula is C26H35Cl2N3O5S. The number of unbranched alkanes of at least 4 members (excludes halogenated alkanes) is 1. The summed E-state index contributed by atoms with van der Waals surface area (Å²) in [5.41, 5.74) is 0.824. The molecule has 1 N–H and O–H groups in total. The fourth-order valence-electron chi connectivity index (χ4n) is 3.79. The molecule has 0 fully saturated rings. The number of rotatable bonds is 14.